The topological polar surface area (TPSA) is 123 Å². The van der Waals surface area contributed by atoms with Gasteiger partial charge in [-0.25, -0.2) is 22.8 Å². The molecule has 182 valence electrons. The van der Waals surface area contributed by atoms with Crippen molar-refractivity contribution >= 4 is 27.8 Å². The van der Waals surface area contributed by atoms with Gasteiger partial charge < -0.3 is 19.2 Å². The molecule has 11 nitrogen and oxygen atoms in total. The van der Waals surface area contributed by atoms with Gasteiger partial charge in [0, 0.05) is 31.0 Å². The SMILES string of the molecule is CC(C)N1C(=O)N(CCN(C)C)OC(=O)/C=C/C(=O)OC1COc1ccc(S(C)(=O)=O)cc1. The zero-order valence-electron chi connectivity index (χ0n) is 19.3. The van der Waals surface area contributed by atoms with Crippen molar-refractivity contribution in [2.24, 2.45) is 0 Å². The number of hydrogen-bond acceptors (Lipinski definition) is 9. The zero-order chi connectivity index (χ0) is 24.8. The molecule has 0 bridgehead atoms. The van der Waals surface area contributed by atoms with Crippen LogP contribution in [0.1, 0.15) is 13.8 Å². The Kier molecular flexibility index (Phi) is 8.83. The Morgan fingerprint density at radius 3 is 2.21 bits per heavy atom. The van der Waals surface area contributed by atoms with Crippen LogP contribution in [0.3, 0.4) is 0 Å². The van der Waals surface area contributed by atoms with E-state index >= 15 is 0 Å². The summed E-state index contributed by atoms with van der Waals surface area (Å²) in [5, 5.41) is 0.916. The molecule has 1 unspecified atom stereocenters. The molecule has 0 N–H and O–H groups in total. The van der Waals surface area contributed by atoms with Crippen LogP contribution in [0.2, 0.25) is 0 Å². The third kappa shape index (κ3) is 7.75. The maximum Gasteiger partial charge on any atom is 0.356 e. The van der Waals surface area contributed by atoms with E-state index < -0.39 is 40.1 Å². The van der Waals surface area contributed by atoms with Crippen LogP contribution in [-0.4, -0.2) is 93.6 Å². The highest BCUT2D eigenvalue weighted by atomic mass is 32.2. The summed E-state index contributed by atoms with van der Waals surface area (Å²) in [4.78, 5) is 45.8. The van der Waals surface area contributed by atoms with Crippen molar-refractivity contribution in [3.05, 3.63) is 36.4 Å². The second-order valence-corrected chi connectivity index (χ2v) is 9.89. The molecule has 0 aromatic heterocycles. The van der Waals surface area contributed by atoms with Gasteiger partial charge in [0.05, 0.1) is 11.4 Å². The summed E-state index contributed by atoms with van der Waals surface area (Å²) in [5.41, 5.74) is 0. The van der Waals surface area contributed by atoms with Crippen LogP contribution in [0.5, 0.6) is 5.75 Å². The summed E-state index contributed by atoms with van der Waals surface area (Å²) in [6.45, 7) is 3.70. The number of cyclic esters (lactones) is 1. The van der Waals surface area contributed by atoms with Gasteiger partial charge in [-0.3, -0.25) is 4.90 Å². The van der Waals surface area contributed by atoms with E-state index in [4.69, 9.17) is 14.3 Å². The number of likely N-dealkylation sites (N-methyl/N-ethyl adjacent to an activating group) is 1. The molecule has 1 heterocycles. The molecule has 1 aromatic carbocycles. The number of nitrogens with zero attached hydrogens (tertiary/aromatic N) is 3. The smallest absolute Gasteiger partial charge is 0.356 e. The number of hydroxylamine groups is 2. The van der Waals surface area contributed by atoms with E-state index in [-0.39, 0.29) is 18.0 Å². The van der Waals surface area contributed by atoms with Gasteiger partial charge in [0.15, 0.2) is 9.84 Å². The number of hydrogen-bond donors (Lipinski definition) is 0. The van der Waals surface area contributed by atoms with Gasteiger partial charge in [-0.1, -0.05) is 0 Å². The van der Waals surface area contributed by atoms with Crippen molar-refractivity contribution in [3.63, 3.8) is 0 Å². The molecule has 12 heteroatoms. The first-order chi connectivity index (χ1) is 15.4. The summed E-state index contributed by atoms with van der Waals surface area (Å²) >= 11 is 0. The summed E-state index contributed by atoms with van der Waals surface area (Å²) in [7, 11) is 0.249. The van der Waals surface area contributed by atoms with Crippen LogP contribution in [0.15, 0.2) is 41.3 Å². The van der Waals surface area contributed by atoms with E-state index in [0.717, 1.165) is 23.5 Å². The quantitative estimate of drug-likeness (QED) is 0.499. The fraction of sp³-hybridized carbons (Fsp3) is 0.476. The Hall–Kier alpha value is -3.12. The van der Waals surface area contributed by atoms with Crippen LogP contribution in [0.4, 0.5) is 4.79 Å². The highest BCUT2D eigenvalue weighted by molar-refractivity contribution is 7.90. The predicted molar refractivity (Wildman–Crippen MR) is 118 cm³/mol. The Bertz CT molecular complexity index is 989. The molecule has 1 aliphatic rings. The van der Waals surface area contributed by atoms with Gasteiger partial charge in [-0.05, 0) is 52.2 Å². The van der Waals surface area contributed by atoms with Gasteiger partial charge in [0.2, 0.25) is 6.23 Å². The fourth-order valence-corrected chi connectivity index (χ4v) is 3.48. The molecular formula is C21H29N3O8S. The lowest BCUT2D eigenvalue weighted by molar-refractivity contribution is -0.181. The summed E-state index contributed by atoms with van der Waals surface area (Å²) in [6.07, 6.45) is 1.74. The first-order valence-corrected chi connectivity index (χ1v) is 12.1. The Balaban J connectivity index is 2.30. The van der Waals surface area contributed by atoms with Crippen molar-refractivity contribution in [2.75, 3.05) is 40.0 Å². The number of sulfone groups is 1. The predicted octanol–water partition coefficient (Wildman–Crippen LogP) is 1.06. The number of carbonyl (C=O) groups is 3. The highest BCUT2D eigenvalue weighted by Crippen LogP contribution is 2.19. The maximum absolute atomic E-state index is 13.3. The minimum atomic E-state index is -3.36. The van der Waals surface area contributed by atoms with Crippen molar-refractivity contribution in [1.29, 1.82) is 0 Å². The van der Waals surface area contributed by atoms with Crippen molar-refractivity contribution in [1.82, 2.24) is 14.9 Å². The average molecular weight is 484 g/mol. The largest absolute Gasteiger partial charge is 0.488 e. The van der Waals surface area contributed by atoms with Crippen molar-refractivity contribution in [2.45, 2.75) is 31.0 Å². The van der Waals surface area contributed by atoms with Gasteiger partial charge in [0.25, 0.3) is 0 Å². The first kappa shape index (κ1) is 26.1. The van der Waals surface area contributed by atoms with Crippen molar-refractivity contribution in [3.8, 4) is 5.75 Å². The second-order valence-electron chi connectivity index (χ2n) is 7.88. The number of benzene rings is 1. The third-order valence-electron chi connectivity index (χ3n) is 4.50. The van der Waals surface area contributed by atoms with Gasteiger partial charge in [0.1, 0.15) is 12.4 Å². The molecule has 33 heavy (non-hydrogen) atoms. The molecule has 1 aliphatic heterocycles. The van der Waals surface area contributed by atoms with Crippen molar-refractivity contribution < 1.29 is 37.1 Å². The average Bonchev–Trinajstić information content (AvgIpc) is 2.72. The first-order valence-electron chi connectivity index (χ1n) is 10.2. The molecule has 0 saturated heterocycles. The molecule has 2 amide bonds. The Morgan fingerprint density at radius 1 is 1.06 bits per heavy atom. The van der Waals surface area contributed by atoms with Gasteiger partial charge >= 0.3 is 18.0 Å². The fourth-order valence-electron chi connectivity index (χ4n) is 2.85. The third-order valence-corrected chi connectivity index (χ3v) is 5.63. The number of carbonyl (C=O) groups excluding carboxylic acids is 3. The van der Waals surface area contributed by atoms with Gasteiger partial charge in [-0.2, -0.15) is 5.06 Å². The lowest BCUT2D eigenvalue weighted by Crippen LogP contribution is -2.56. The normalized spacial score (nSPS) is 18.9. The van der Waals surface area contributed by atoms with E-state index in [0.29, 0.717) is 12.3 Å². The van der Waals surface area contributed by atoms with Crippen LogP contribution in [0, 0.1) is 0 Å². The number of esters is 1. The van der Waals surface area contributed by atoms with E-state index in [1.807, 2.05) is 4.90 Å². The highest BCUT2D eigenvalue weighted by Gasteiger charge is 2.35. The number of amides is 2. The van der Waals surface area contributed by atoms with Crippen LogP contribution < -0.4 is 4.74 Å². The maximum atomic E-state index is 13.3. The Labute approximate surface area is 193 Å². The minimum absolute atomic E-state index is 0.0864. The van der Waals surface area contributed by atoms with E-state index in [9.17, 15) is 22.8 Å². The lowest BCUT2D eigenvalue weighted by atomic mass is 10.3. The monoisotopic (exact) mass is 483 g/mol. The summed E-state index contributed by atoms with van der Waals surface area (Å²) in [5.74, 6) is -1.42. The number of rotatable bonds is 8. The van der Waals surface area contributed by atoms with Crippen LogP contribution in [0.25, 0.3) is 0 Å². The molecule has 0 aliphatic carbocycles. The van der Waals surface area contributed by atoms with Crippen LogP contribution in [-0.2, 0) is 29.0 Å². The summed E-state index contributed by atoms with van der Waals surface area (Å²) in [6, 6.07) is 4.58. The minimum Gasteiger partial charge on any atom is -0.488 e. The lowest BCUT2D eigenvalue weighted by Gasteiger charge is -2.37. The Morgan fingerprint density at radius 2 is 1.67 bits per heavy atom. The zero-order valence-corrected chi connectivity index (χ0v) is 20.1. The summed E-state index contributed by atoms with van der Waals surface area (Å²) < 4.78 is 34.4. The number of urea groups is 1. The van der Waals surface area contributed by atoms with E-state index in [1.165, 1.54) is 29.2 Å². The molecule has 0 spiro atoms. The molecular weight excluding hydrogens is 454 g/mol. The van der Waals surface area contributed by atoms with Crippen LogP contribution >= 0.6 is 0 Å². The van der Waals surface area contributed by atoms with Gasteiger partial charge in [-0.15, -0.1) is 0 Å². The molecule has 0 fully saturated rings. The van der Waals surface area contributed by atoms with E-state index in [1.54, 1.807) is 27.9 Å². The van der Waals surface area contributed by atoms with E-state index in [2.05, 4.69) is 0 Å². The molecule has 0 radical (unpaired) electrons. The second kappa shape index (κ2) is 11.1. The molecule has 1 atom stereocenters. The molecule has 1 aromatic rings. The standard InChI is InChI=1S/C21H29N3O8S/c1-15(2)24-18(14-30-16-6-8-17(9-7-16)33(5,28)29)31-19(25)10-11-20(26)32-23(21(24)27)13-12-22(3)4/h6-11,15,18H,12-14H2,1-5H3/b11-10+. The molecule has 0 saturated carbocycles. The molecule has 2 rings (SSSR count). The number of ether oxygens (including phenoxy) is 2.